The summed E-state index contributed by atoms with van der Waals surface area (Å²) in [5.74, 6) is 0.729. The van der Waals surface area contributed by atoms with Crippen LogP contribution in [0.1, 0.15) is 21.7 Å². The Kier molecular flexibility index (Phi) is 4.83. The third kappa shape index (κ3) is 3.71. The highest BCUT2D eigenvalue weighted by Gasteiger charge is 2.19. The number of Topliss-reactive ketones (excluding diaryl/α,β-unsaturated/α-hetero) is 1. The fourth-order valence-electron chi connectivity index (χ4n) is 2.47. The van der Waals surface area contributed by atoms with Gasteiger partial charge in [-0.05, 0) is 36.8 Å². The van der Waals surface area contributed by atoms with Crippen molar-refractivity contribution in [2.75, 3.05) is 0 Å². The van der Waals surface area contributed by atoms with Gasteiger partial charge in [-0.2, -0.15) is 5.26 Å². The van der Waals surface area contributed by atoms with Crippen molar-refractivity contribution in [2.45, 2.75) is 6.92 Å². The zero-order valence-electron chi connectivity index (χ0n) is 13.5. The molecule has 0 aliphatic rings. The molecule has 0 fully saturated rings. The highest BCUT2D eigenvalue weighted by atomic mass is 35.5. The minimum absolute atomic E-state index is 0.0471. The molecule has 0 saturated carbocycles. The lowest BCUT2D eigenvalue weighted by Crippen LogP contribution is -2.02. The third-order valence-electron chi connectivity index (χ3n) is 3.77. The van der Waals surface area contributed by atoms with Crippen LogP contribution in [0.25, 0.3) is 17.4 Å². The summed E-state index contributed by atoms with van der Waals surface area (Å²) in [4.78, 5) is 12.7. The molecule has 0 aliphatic carbocycles. The minimum atomic E-state index is -0.360. The smallest absolute Gasteiger partial charge is 0.207 e. The quantitative estimate of drug-likeness (QED) is 0.345. The van der Waals surface area contributed by atoms with Crippen LogP contribution in [0.15, 0.2) is 70.7 Å². The van der Waals surface area contributed by atoms with E-state index in [1.54, 1.807) is 43.3 Å². The molecule has 0 unspecified atom stereocenters. The summed E-state index contributed by atoms with van der Waals surface area (Å²) in [7, 11) is 0. The Morgan fingerprint density at radius 2 is 1.80 bits per heavy atom. The highest BCUT2D eigenvalue weighted by Crippen LogP contribution is 2.27. The SMILES string of the molecule is Cc1oc(-c2ccccc2)cc1C(=O)/C(C#N)=C\c1ccc(Cl)cc1. The van der Waals surface area contributed by atoms with E-state index in [4.69, 9.17) is 16.0 Å². The largest absolute Gasteiger partial charge is 0.461 e. The van der Waals surface area contributed by atoms with E-state index in [1.807, 2.05) is 36.4 Å². The number of hydrogen-bond acceptors (Lipinski definition) is 3. The number of hydrogen-bond donors (Lipinski definition) is 0. The zero-order valence-corrected chi connectivity index (χ0v) is 14.2. The Hall–Kier alpha value is -3.09. The van der Waals surface area contributed by atoms with Crippen molar-refractivity contribution in [1.82, 2.24) is 0 Å². The predicted molar refractivity (Wildman–Crippen MR) is 98.3 cm³/mol. The fraction of sp³-hybridized carbons (Fsp3) is 0.0476. The average molecular weight is 348 g/mol. The van der Waals surface area contributed by atoms with Crippen molar-refractivity contribution in [2.24, 2.45) is 0 Å². The highest BCUT2D eigenvalue weighted by molar-refractivity contribution is 6.30. The van der Waals surface area contributed by atoms with E-state index in [1.165, 1.54) is 0 Å². The number of halogens is 1. The van der Waals surface area contributed by atoms with Crippen molar-refractivity contribution >= 4 is 23.5 Å². The summed E-state index contributed by atoms with van der Waals surface area (Å²) in [6, 6.07) is 20.1. The van der Waals surface area contributed by atoms with Crippen molar-refractivity contribution in [3.05, 3.63) is 88.1 Å². The lowest BCUT2D eigenvalue weighted by molar-refractivity contribution is 0.103. The van der Waals surface area contributed by atoms with Crippen molar-refractivity contribution in [1.29, 1.82) is 5.26 Å². The zero-order chi connectivity index (χ0) is 17.8. The van der Waals surface area contributed by atoms with Crippen LogP contribution in [-0.4, -0.2) is 5.78 Å². The first-order valence-electron chi connectivity index (χ1n) is 7.66. The number of aryl methyl sites for hydroxylation is 1. The number of nitrogens with zero attached hydrogens (tertiary/aromatic N) is 1. The van der Waals surface area contributed by atoms with Gasteiger partial charge in [0.05, 0.1) is 5.56 Å². The molecule has 0 N–H and O–H groups in total. The van der Waals surface area contributed by atoms with Crippen LogP contribution < -0.4 is 0 Å². The van der Waals surface area contributed by atoms with Gasteiger partial charge in [0.25, 0.3) is 0 Å². The van der Waals surface area contributed by atoms with E-state index < -0.39 is 0 Å². The molecule has 25 heavy (non-hydrogen) atoms. The summed E-state index contributed by atoms with van der Waals surface area (Å²) in [6.07, 6.45) is 1.55. The van der Waals surface area contributed by atoms with Gasteiger partial charge < -0.3 is 4.42 Å². The maximum absolute atomic E-state index is 12.7. The number of rotatable bonds is 4. The Morgan fingerprint density at radius 3 is 2.44 bits per heavy atom. The van der Waals surface area contributed by atoms with Gasteiger partial charge in [-0.25, -0.2) is 0 Å². The second kappa shape index (κ2) is 7.21. The maximum atomic E-state index is 12.7. The van der Waals surface area contributed by atoms with Gasteiger partial charge in [-0.15, -0.1) is 0 Å². The van der Waals surface area contributed by atoms with Crippen LogP contribution in [0.3, 0.4) is 0 Å². The summed E-state index contributed by atoms with van der Waals surface area (Å²) in [5, 5.41) is 9.99. The Morgan fingerprint density at radius 1 is 1.12 bits per heavy atom. The molecule has 3 nitrogen and oxygen atoms in total. The molecule has 2 aromatic carbocycles. The predicted octanol–water partition coefficient (Wildman–Crippen LogP) is 5.70. The molecule has 1 heterocycles. The van der Waals surface area contributed by atoms with Crippen LogP contribution in [0.2, 0.25) is 5.02 Å². The lowest BCUT2D eigenvalue weighted by Gasteiger charge is -1.98. The molecule has 0 atom stereocenters. The number of benzene rings is 2. The van der Waals surface area contributed by atoms with Gasteiger partial charge in [-0.3, -0.25) is 4.79 Å². The number of carbonyl (C=O) groups is 1. The van der Waals surface area contributed by atoms with Gasteiger partial charge >= 0.3 is 0 Å². The number of furan rings is 1. The second-order valence-corrected chi connectivity index (χ2v) is 5.93. The monoisotopic (exact) mass is 347 g/mol. The number of allylic oxidation sites excluding steroid dienone is 1. The molecular formula is C21H14ClNO2. The first kappa shape index (κ1) is 16.8. The summed E-state index contributed by atoms with van der Waals surface area (Å²) in [6.45, 7) is 1.72. The number of carbonyl (C=O) groups excluding carboxylic acids is 1. The first-order chi connectivity index (χ1) is 12.1. The second-order valence-electron chi connectivity index (χ2n) is 5.50. The normalized spacial score (nSPS) is 11.2. The number of ketones is 1. The van der Waals surface area contributed by atoms with Gasteiger partial charge in [0.1, 0.15) is 23.2 Å². The van der Waals surface area contributed by atoms with Gasteiger partial charge in [0.15, 0.2) is 0 Å². The Bertz CT molecular complexity index is 977. The van der Waals surface area contributed by atoms with Crippen molar-refractivity contribution in [3.63, 3.8) is 0 Å². The molecule has 0 aliphatic heterocycles. The molecule has 0 saturated heterocycles. The van der Waals surface area contributed by atoms with E-state index >= 15 is 0 Å². The summed E-state index contributed by atoms with van der Waals surface area (Å²) < 4.78 is 5.71. The summed E-state index contributed by atoms with van der Waals surface area (Å²) >= 11 is 5.86. The van der Waals surface area contributed by atoms with E-state index in [9.17, 15) is 10.1 Å². The van der Waals surface area contributed by atoms with E-state index in [0.29, 0.717) is 22.1 Å². The average Bonchev–Trinajstić information content (AvgIpc) is 3.03. The molecule has 0 amide bonds. The van der Waals surface area contributed by atoms with E-state index in [2.05, 4.69) is 0 Å². The number of nitriles is 1. The van der Waals surface area contributed by atoms with E-state index in [-0.39, 0.29) is 11.4 Å². The Labute approximate surface area is 150 Å². The van der Waals surface area contributed by atoms with Crippen LogP contribution in [0, 0.1) is 18.3 Å². The molecular weight excluding hydrogens is 334 g/mol. The van der Waals surface area contributed by atoms with Gasteiger partial charge in [-0.1, -0.05) is 54.1 Å². The van der Waals surface area contributed by atoms with Crippen molar-refractivity contribution in [3.8, 4) is 17.4 Å². The Balaban J connectivity index is 1.95. The van der Waals surface area contributed by atoms with Gasteiger partial charge in [0, 0.05) is 10.6 Å². The van der Waals surface area contributed by atoms with Crippen LogP contribution in [-0.2, 0) is 0 Å². The molecule has 0 bridgehead atoms. The third-order valence-corrected chi connectivity index (χ3v) is 4.02. The van der Waals surface area contributed by atoms with Crippen LogP contribution >= 0.6 is 11.6 Å². The molecule has 0 spiro atoms. The molecule has 3 rings (SSSR count). The van der Waals surface area contributed by atoms with E-state index in [0.717, 1.165) is 11.1 Å². The fourth-order valence-corrected chi connectivity index (χ4v) is 2.60. The molecule has 122 valence electrons. The first-order valence-corrected chi connectivity index (χ1v) is 8.04. The van der Waals surface area contributed by atoms with Crippen molar-refractivity contribution < 1.29 is 9.21 Å². The molecule has 3 aromatic rings. The molecule has 1 aromatic heterocycles. The van der Waals surface area contributed by atoms with Crippen LogP contribution in [0.5, 0.6) is 0 Å². The standard InChI is InChI=1S/C21H14ClNO2/c1-14-19(12-20(25-14)16-5-3-2-4-6-16)21(24)17(13-23)11-15-7-9-18(22)10-8-15/h2-12H,1H3/b17-11-. The molecule has 4 heteroatoms. The minimum Gasteiger partial charge on any atom is -0.461 e. The maximum Gasteiger partial charge on any atom is 0.207 e. The topological polar surface area (TPSA) is 54.0 Å². The molecule has 0 radical (unpaired) electrons. The summed E-state index contributed by atoms with van der Waals surface area (Å²) in [5.41, 5.74) is 2.05. The lowest BCUT2D eigenvalue weighted by atomic mass is 10.0. The van der Waals surface area contributed by atoms with Crippen LogP contribution in [0.4, 0.5) is 0 Å². The van der Waals surface area contributed by atoms with Gasteiger partial charge in [0.2, 0.25) is 5.78 Å².